The minimum absolute atomic E-state index is 0.115. The molecule has 0 saturated heterocycles. The van der Waals surface area contributed by atoms with E-state index in [9.17, 15) is 4.79 Å². The van der Waals surface area contributed by atoms with Crippen LogP contribution in [0.25, 0.3) is 5.65 Å². The van der Waals surface area contributed by atoms with Gasteiger partial charge >= 0.3 is 0 Å². The largest absolute Gasteiger partial charge is 0.353 e. The summed E-state index contributed by atoms with van der Waals surface area (Å²) in [6, 6.07) is 2.26. The second-order valence-electron chi connectivity index (χ2n) is 5.90. The van der Waals surface area contributed by atoms with Crippen molar-refractivity contribution in [2.75, 3.05) is 0 Å². The van der Waals surface area contributed by atoms with E-state index in [2.05, 4.69) is 29.2 Å². The van der Waals surface area contributed by atoms with Gasteiger partial charge in [0.05, 0.1) is 5.69 Å². The highest BCUT2D eigenvalue weighted by Crippen LogP contribution is 2.17. The van der Waals surface area contributed by atoms with Crippen LogP contribution in [-0.4, -0.2) is 26.5 Å². The summed E-state index contributed by atoms with van der Waals surface area (Å²) in [4.78, 5) is 16.7. The summed E-state index contributed by atoms with van der Waals surface area (Å²) in [5.74, 6) is 0.115. The Kier molecular flexibility index (Phi) is 5.16. The first-order valence-electron chi connectivity index (χ1n) is 8.08. The zero-order valence-corrected chi connectivity index (χ0v) is 14.2. The van der Waals surface area contributed by atoms with Crippen LogP contribution in [0.2, 0.25) is 0 Å². The highest BCUT2D eigenvalue weighted by atomic mass is 16.1. The van der Waals surface area contributed by atoms with Crippen molar-refractivity contribution in [2.45, 2.75) is 66.3 Å². The van der Waals surface area contributed by atoms with E-state index in [4.69, 9.17) is 0 Å². The third-order valence-electron chi connectivity index (χ3n) is 4.24. The zero-order chi connectivity index (χ0) is 16.3. The maximum absolute atomic E-state index is 12.1. The second-order valence-corrected chi connectivity index (χ2v) is 5.90. The fourth-order valence-corrected chi connectivity index (χ4v) is 2.83. The van der Waals surface area contributed by atoms with Gasteiger partial charge in [-0.1, -0.05) is 13.8 Å². The average molecular weight is 302 g/mol. The highest BCUT2D eigenvalue weighted by Gasteiger charge is 2.14. The number of rotatable bonds is 6. The Bertz CT molecular complexity index is 671. The first kappa shape index (κ1) is 16.5. The lowest BCUT2D eigenvalue weighted by Gasteiger charge is -2.15. The number of hydrogen-bond donors (Lipinski definition) is 1. The number of hydrogen-bond acceptors (Lipinski definition) is 3. The van der Waals surface area contributed by atoms with E-state index in [1.165, 1.54) is 0 Å². The molecule has 0 spiro atoms. The Labute approximate surface area is 132 Å². The predicted molar refractivity (Wildman–Crippen MR) is 88.0 cm³/mol. The molecule has 5 nitrogen and oxygen atoms in total. The fourth-order valence-electron chi connectivity index (χ4n) is 2.83. The number of aromatic nitrogens is 3. The summed E-state index contributed by atoms with van der Waals surface area (Å²) in [5.41, 5.74) is 5.01. The number of aryl methyl sites for hydroxylation is 3. The number of carbonyl (C=O) groups excluding carboxylic acids is 1. The van der Waals surface area contributed by atoms with Crippen LogP contribution in [0.3, 0.4) is 0 Å². The van der Waals surface area contributed by atoms with E-state index in [-0.39, 0.29) is 11.9 Å². The summed E-state index contributed by atoms with van der Waals surface area (Å²) < 4.78 is 1.87. The summed E-state index contributed by atoms with van der Waals surface area (Å²) in [6.07, 6.45) is 3.14. The molecule has 0 atom stereocenters. The van der Waals surface area contributed by atoms with Crippen LogP contribution in [-0.2, 0) is 11.2 Å². The van der Waals surface area contributed by atoms with Gasteiger partial charge in [-0.2, -0.15) is 5.10 Å². The van der Waals surface area contributed by atoms with Gasteiger partial charge in [0.2, 0.25) is 5.91 Å². The van der Waals surface area contributed by atoms with E-state index in [0.29, 0.717) is 12.8 Å². The molecule has 0 aliphatic rings. The first-order valence-corrected chi connectivity index (χ1v) is 8.08. The number of amides is 1. The van der Waals surface area contributed by atoms with Crippen LogP contribution in [0.4, 0.5) is 0 Å². The van der Waals surface area contributed by atoms with Crippen LogP contribution in [0, 0.1) is 20.8 Å². The zero-order valence-electron chi connectivity index (χ0n) is 14.2. The molecule has 1 N–H and O–H groups in total. The molecule has 0 aliphatic carbocycles. The van der Waals surface area contributed by atoms with E-state index >= 15 is 0 Å². The average Bonchev–Trinajstić information content (AvgIpc) is 2.85. The number of nitrogens with one attached hydrogen (secondary N) is 1. The van der Waals surface area contributed by atoms with Gasteiger partial charge in [-0.25, -0.2) is 9.50 Å². The van der Waals surface area contributed by atoms with Crippen molar-refractivity contribution in [1.82, 2.24) is 19.9 Å². The molecule has 1 amide bonds. The molecule has 2 heterocycles. The van der Waals surface area contributed by atoms with E-state index in [1.807, 2.05) is 31.4 Å². The summed E-state index contributed by atoms with van der Waals surface area (Å²) in [6.45, 7) is 10.2. The Morgan fingerprint density at radius 2 is 1.95 bits per heavy atom. The quantitative estimate of drug-likeness (QED) is 0.892. The predicted octanol–water partition coefficient (Wildman–Crippen LogP) is 2.89. The lowest BCUT2D eigenvalue weighted by molar-refractivity contribution is -0.121. The summed E-state index contributed by atoms with van der Waals surface area (Å²) in [7, 11) is 0. The smallest absolute Gasteiger partial charge is 0.220 e. The van der Waals surface area contributed by atoms with Gasteiger partial charge in [0.15, 0.2) is 5.65 Å². The molecule has 0 saturated carbocycles. The number of fused-ring (bicyclic) bond motifs is 1. The van der Waals surface area contributed by atoms with Crippen LogP contribution >= 0.6 is 0 Å². The molecule has 120 valence electrons. The minimum atomic E-state index is 0.115. The molecular formula is C17H26N4O. The van der Waals surface area contributed by atoms with Gasteiger partial charge in [-0.3, -0.25) is 4.79 Å². The summed E-state index contributed by atoms with van der Waals surface area (Å²) >= 11 is 0. The molecule has 0 aromatic carbocycles. The number of nitrogens with zero attached hydrogens (tertiary/aromatic N) is 3. The van der Waals surface area contributed by atoms with E-state index in [1.54, 1.807) is 0 Å². The first-order chi connectivity index (χ1) is 10.5. The lowest BCUT2D eigenvalue weighted by atomic mass is 10.1. The third-order valence-corrected chi connectivity index (χ3v) is 4.24. The van der Waals surface area contributed by atoms with Gasteiger partial charge in [-0.05, 0) is 45.6 Å². The molecule has 2 aromatic heterocycles. The lowest BCUT2D eigenvalue weighted by Crippen LogP contribution is -2.34. The van der Waals surface area contributed by atoms with Gasteiger partial charge in [0.1, 0.15) is 0 Å². The van der Waals surface area contributed by atoms with Gasteiger partial charge in [0.25, 0.3) is 0 Å². The van der Waals surface area contributed by atoms with E-state index in [0.717, 1.165) is 41.1 Å². The standard InChI is InChI=1S/C17H26N4O/c1-6-14(7-2)19-17(22)9-8-15-12(4)18-16-10-11(3)20-21(16)13(15)5/h10,14H,6-9H2,1-5H3,(H,19,22). The normalized spacial score (nSPS) is 11.4. The maximum Gasteiger partial charge on any atom is 0.220 e. The topological polar surface area (TPSA) is 59.3 Å². The van der Waals surface area contributed by atoms with Crippen molar-refractivity contribution in [3.63, 3.8) is 0 Å². The minimum Gasteiger partial charge on any atom is -0.353 e. The van der Waals surface area contributed by atoms with Crippen molar-refractivity contribution in [3.05, 3.63) is 28.7 Å². The molecule has 22 heavy (non-hydrogen) atoms. The molecule has 2 rings (SSSR count). The monoisotopic (exact) mass is 302 g/mol. The highest BCUT2D eigenvalue weighted by molar-refractivity contribution is 5.76. The Balaban J connectivity index is 2.13. The molecule has 2 aromatic rings. The van der Waals surface area contributed by atoms with Crippen molar-refractivity contribution in [1.29, 1.82) is 0 Å². The Morgan fingerprint density at radius 1 is 1.27 bits per heavy atom. The van der Waals surface area contributed by atoms with Crippen LogP contribution in [0.15, 0.2) is 6.07 Å². The molecule has 0 aliphatic heterocycles. The number of carbonyl (C=O) groups is 1. The van der Waals surface area contributed by atoms with Gasteiger partial charge in [-0.15, -0.1) is 0 Å². The van der Waals surface area contributed by atoms with Crippen molar-refractivity contribution >= 4 is 11.6 Å². The second kappa shape index (κ2) is 6.90. The molecular weight excluding hydrogens is 276 g/mol. The molecule has 0 fully saturated rings. The molecule has 0 radical (unpaired) electrons. The van der Waals surface area contributed by atoms with Crippen LogP contribution in [0.5, 0.6) is 0 Å². The van der Waals surface area contributed by atoms with Gasteiger partial charge < -0.3 is 5.32 Å². The van der Waals surface area contributed by atoms with Crippen LogP contribution in [0.1, 0.15) is 55.8 Å². The third kappa shape index (κ3) is 3.46. The summed E-state index contributed by atoms with van der Waals surface area (Å²) in [5, 5.41) is 7.56. The Morgan fingerprint density at radius 3 is 2.59 bits per heavy atom. The van der Waals surface area contributed by atoms with Crippen molar-refractivity contribution in [2.24, 2.45) is 0 Å². The van der Waals surface area contributed by atoms with Crippen molar-refractivity contribution < 1.29 is 4.79 Å². The van der Waals surface area contributed by atoms with E-state index < -0.39 is 0 Å². The molecule has 0 unspecified atom stereocenters. The molecule has 0 bridgehead atoms. The van der Waals surface area contributed by atoms with Crippen LogP contribution < -0.4 is 5.32 Å². The fraction of sp³-hybridized carbons (Fsp3) is 0.588. The van der Waals surface area contributed by atoms with Gasteiger partial charge in [0, 0.05) is 29.9 Å². The maximum atomic E-state index is 12.1. The molecule has 5 heteroatoms. The SMILES string of the molecule is CCC(CC)NC(=O)CCc1c(C)nc2cc(C)nn2c1C. The Hall–Kier alpha value is -1.91. The van der Waals surface area contributed by atoms with Crippen molar-refractivity contribution in [3.8, 4) is 0 Å².